The van der Waals surface area contributed by atoms with Gasteiger partial charge < -0.3 is 5.11 Å². The van der Waals surface area contributed by atoms with Crippen LogP contribution in [0.5, 0.6) is 0 Å². The van der Waals surface area contributed by atoms with Gasteiger partial charge in [0, 0.05) is 12.8 Å². The molecular weight excluding hydrogens is 224 g/mol. The summed E-state index contributed by atoms with van der Waals surface area (Å²) in [5, 5.41) is 9.58. The van der Waals surface area contributed by atoms with E-state index in [0.29, 0.717) is 0 Å². The van der Waals surface area contributed by atoms with Gasteiger partial charge in [0.15, 0.2) is 0 Å². The van der Waals surface area contributed by atoms with Crippen LogP contribution in [0.1, 0.15) is 58.8 Å². The lowest BCUT2D eigenvalue weighted by Crippen LogP contribution is -2.37. The average molecular weight is 252 g/mol. The number of allylic oxidation sites excluding steroid dienone is 2. The summed E-state index contributed by atoms with van der Waals surface area (Å²) in [4.78, 5) is 6.45. The standard InChI is InChI=1S/C15H28N2O/c1-3-4-5-6-7-8-9-10-11-15-16-12-13-17(15)14(2)18/h7-8,12,14-15,18H,3-6,9-11,13H2,1-2H3/b8-7+. The van der Waals surface area contributed by atoms with E-state index in [1.54, 1.807) is 0 Å². The van der Waals surface area contributed by atoms with Gasteiger partial charge in [-0.3, -0.25) is 9.89 Å². The predicted octanol–water partition coefficient (Wildman–Crippen LogP) is 3.34. The molecule has 3 nitrogen and oxygen atoms in total. The number of aliphatic hydroxyl groups is 1. The van der Waals surface area contributed by atoms with Gasteiger partial charge in [0.1, 0.15) is 12.4 Å². The van der Waals surface area contributed by atoms with Gasteiger partial charge in [-0.1, -0.05) is 31.9 Å². The van der Waals surface area contributed by atoms with E-state index in [9.17, 15) is 5.11 Å². The van der Waals surface area contributed by atoms with Gasteiger partial charge in [-0.2, -0.15) is 0 Å². The minimum absolute atomic E-state index is 0.193. The Morgan fingerprint density at radius 1 is 1.33 bits per heavy atom. The van der Waals surface area contributed by atoms with Gasteiger partial charge in [0.2, 0.25) is 0 Å². The number of nitrogens with zero attached hydrogens (tertiary/aromatic N) is 2. The van der Waals surface area contributed by atoms with E-state index in [2.05, 4.69) is 24.1 Å². The van der Waals surface area contributed by atoms with E-state index < -0.39 is 0 Å². The van der Waals surface area contributed by atoms with E-state index >= 15 is 0 Å². The van der Waals surface area contributed by atoms with Gasteiger partial charge in [-0.15, -0.1) is 0 Å². The second-order valence-electron chi connectivity index (χ2n) is 5.04. The summed E-state index contributed by atoms with van der Waals surface area (Å²) < 4.78 is 0. The Hall–Kier alpha value is -0.670. The highest BCUT2D eigenvalue weighted by Crippen LogP contribution is 2.16. The second-order valence-corrected chi connectivity index (χ2v) is 5.04. The molecule has 0 saturated carbocycles. The van der Waals surface area contributed by atoms with Crippen molar-refractivity contribution in [1.29, 1.82) is 0 Å². The largest absolute Gasteiger partial charge is 0.379 e. The summed E-state index contributed by atoms with van der Waals surface area (Å²) in [5.41, 5.74) is 0. The van der Waals surface area contributed by atoms with Crippen molar-refractivity contribution in [2.45, 2.75) is 71.2 Å². The molecule has 3 heteroatoms. The Kier molecular flexibility index (Phi) is 7.94. The number of aliphatic imine (C=N–C) groups is 1. The van der Waals surface area contributed by atoms with Crippen molar-refractivity contribution in [1.82, 2.24) is 4.90 Å². The van der Waals surface area contributed by atoms with Crippen molar-refractivity contribution in [2.24, 2.45) is 4.99 Å². The molecule has 0 aromatic rings. The maximum atomic E-state index is 9.58. The third-order valence-corrected chi connectivity index (χ3v) is 3.41. The molecule has 0 bridgehead atoms. The number of rotatable bonds is 9. The van der Waals surface area contributed by atoms with Crippen molar-refractivity contribution in [3.8, 4) is 0 Å². The first-order valence-electron chi connectivity index (χ1n) is 7.36. The van der Waals surface area contributed by atoms with Gasteiger partial charge in [-0.25, -0.2) is 0 Å². The molecule has 0 aromatic carbocycles. The Morgan fingerprint density at radius 3 is 2.72 bits per heavy atom. The van der Waals surface area contributed by atoms with Crippen LogP contribution in [-0.2, 0) is 0 Å². The van der Waals surface area contributed by atoms with Gasteiger partial charge in [-0.05, 0) is 39.0 Å². The smallest absolute Gasteiger partial charge is 0.106 e. The number of unbranched alkanes of at least 4 members (excludes halogenated alkanes) is 4. The fourth-order valence-corrected chi connectivity index (χ4v) is 2.28. The molecule has 1 rings (SSSR count). The van der Waals surface area contributed by atoms with Crippen molar-refractivity contribution in [3.63, 3.8) is 0 Å². The minimum atomic E-state index is -0.387. The zero-order valence-corrected chi connectivity index (χ0v) is 11.9. The molecule has 1 N–H and O–H groups in total. The van der Waals surface area contributed by atoms with Crippen LogP contribution in [0.15, 0.2) is 17.1 Å². The molecule has 2 unspecified atom stereocenters. The molecule has 0 radical (unpaired) electrons. The summed E-state index contributed by atoms with van der Waals surface area (Å²) in [7, 11) is 0. The molecule has 0 fully saturated rings. The summed E-state index contributed by atoms with van der Waals surface area (Å²) in [5.74, 6) is 0. The third kappa shape index (κ3) is 5.78. The zero-order valence-electron chi connectivity index (χ0n) is 11.9. The van der Waals surface area contributed by atoms with Crippen molar-refractivity contribution < 1.29 is 5.11 Å². The summed E-state index contributed by atoms with van der Waals surface area (Å²) >= 11 is 0. The van der Waals surface area contributed by atoms with Crippen LogP contribution in [0.2, 0.25) is 0 Å². The quantitative estimate of drug-likeness (QED) is 0.504. The summed E-state index contributed by atoms with van der Waals surface area (Å²) in [6.07, 6.45) is 14.8. The summed E-state index contributed by atoms with van der Waals surface area (Å²) in [6, 6.07) is 0. The molecule has 1 heterocycles. The van der Waals surface area contributed by atoms with Crippen LogP contribution >= 0.6 is 0 Å². The molecule has 0 amide bonds. The molecule has 1 aliphatic rings. The van der Waals surface area contributed by atoms with E-state index in [0.717, 1.165) is 25.8 Å². The fourth-order valence-electron chi connectivity index (χ4n) is 2.28. The average Bonchev–Trinajstić information content (AvgIpc) is 2.81. The van der Waals surface area contributed by atoms with Gasteiger partial charge in [0.05, 0.1) is 0 Å². The number of aliphatic hydroxyl groups excluding tert-OH is 1. The lowest BCUT2D eigenvalue weighted by Gasteiger charge is -2.25. The maximum absolute atomic E-state index is 9.58. The molecule has 1 aliphatic heterocycles. The van der Waals surface area contributed by atoms with Crippen LogP contribution in [0.4, 0.5) is 0 Å². The molecule has 0 spiro atoms. The van der Waals surface area contributed by atoms with Crippen molar-refractivity contribution >= 4 is 6.21 Å². The summed E-state index contributed by atoms with van der Waals surface area (Å²) in [6.45, 7) is 4.84. The number of hydrogen-bond donors (Lipinski definition) is 1. The third-order valence-electron chi connectivity index (χ3n) is 3.41. The maximum Gasteiger partial charge on any atom is 0.106 e. The molecule has 104 valence electrons. The predicted molar refractivity (Wildman–Crippen MR) is 77.8 cm³/mol. The minimum Gasteiger partial charge on any atom is -0.379 e. The fraction of sp³-hybridized carbons (Fsp3) is 0.800. The van der Waals surface area contributed by atoms with E-state index in [4.69, 9.17) is 0 Å². The van der Waals surface area contributed by atoms with Crippen LogP contribution in [0, 0.1) is 0 Å². The molecule has 0 aliphatic carbocycles. The molecule has 0 saturated heterocycles. The Labute approximate surface area is 112 Å². The highest BCUT2D eigenvalue weighted by Gasteiger charge is 2.23. The molecular formula is C15H28N2O. The lowest BCUT2D eigenvalue weighted by atomic mass is 10.1. The van der Waals surface area contributed by atoms with Crippen molar-refractivity contribution in [3.05, 3.63) is 12.2 Å². The molecule has 2 atom stereocenters. The van der Waals surface area contributed by atoms with E-state index in [-0.39, 0.29) is 12.4 Å². The van der Waals surface area contributed by atoms with Crippen LogP contribution in [0.25, 0.3) is 0 Å². The molecule has 18 heavy (non-hydrogen) atoms. The Morgan fingerprint density at radius 2 is 2.06 bits per heavy atom. The highest BCUT2D eigenvalue weighted by atomic mass is 16.3. The first-order valence-corrected chi connectivity index (χ1v) is 7.36. The van der Waals surface area contributed by atoms with E-state index in [1.165, 1.54) is 25.7 Å². The van der Waals surface area contributed by atoms with E-state index in [1.807, 2.05) is 18.0 Å². The lowest BCUT2D eigenvalue weighted by molar-refractivity contribution is 0.00732. The topological polar surface area (TPSA) is 35.8 Å². The van der Waals surface area contributed by atoms with Crippen molar-refractivity contribution in [2.75, 3.05) is 6.54 Å². The zero-order chi connectivity index (χ0) is 13.2. The van der Waals surface area contributed by atoms with Crippen LogP contribution in [0.3, 0.4) is 0 Å². The highest BCUT2D eigenvalue weighted by molar-refractivity contribution is 5.62. The normalized spacial score (nSPS) is 22.1. The second kappa shape index (κ2) is 9.29. The number of hydrogen-bond acceptors (Lipinski definition) is 3. The Bertz CT molecular complexity index is 261. The van der Waals surface area contributed by atoms with Gasteiger partial charge in [0.25, 0.3) is 0 Å². The monoisotopic (exact) mass is 252 g/mol. The SMILES string of the molecule is CCCCC/C=C/CCCC1N=CCN1C(C)O. The van der Waals surface area contributed by atoms with Gasteiger partial charge >= 0.3 is 0 Å². The molecule has 0 aromatic heterocycles. The first-order chi connectivity index (χ1) is 8.75. The van der Waals surface area contributed by atoms with Crippen LogP contribution < -0.4 is 0 Å². The van der Waals surface area contributed by atoms with Crippen LogP contribution in [-0.4, -0.2) is 35.2 Å². The first kappa shape index (κ1) is 15.4. The Balaban J connectivity index is 2.05.